The second-order valence-electron chi connectivity index (χ2n) is 7.78. The summed E-state index contributed by atoms with van der Waals surface area (Å²) in [7, 11) is 0. The fraction of sp³-hybridized carbons (Fsp3) is 0.231. The van der Waals surface area contributed by atoms with E-state index < -0.39 is 23.8 Å². The van der Waals surface area contributed by atoms with Crippen LogP contribution in [0.1, 0.15) is 24.5 Å². The molecule has 0 aliphatic rings. The molecule has 0 aliphatic heterocycles. The van der Waals surface area contributed by atoms with Crippen LogP contribution in [0.4, 0.5) is 13.2 Å². The highest BCUT2D eigenvalue weighted by molar-refractivity contribution is 7.99. The molecule has 0 saturated heterocycles. The minimum atomic E-state index is -4.36. The average molecular weight is 518 g/mol. The lowest BCUT2D eigenvalue weighted by Gasteiger charge is -2.13. The first kappa shape index (κ1) is 25.1. The molecule has 3 aromatic carbocycles. The van der Waals surface area contributed by atoms with Crippen LogP contribution in [0.3, 0.4) is 0 Å². The molecule has 0 aliphatic carbocycles. The molecule has 4 aromatic rings. The van der Waals surface area contributed by atoms with Gasteiger partial charge in [-0.25, -0.2) is 9.78 Å². The van der Waals surface area contributed by atoms with Gasteiger partial charge < -0.3 is 9.84 Å². The number of hydrogen-bond acceptors (Lipinski definition) is 5. The molecule has 0 saturated carbocycles. The van der Waals surface area contributed by atoms with Gasteiger partial charge in [-0.3, -0.25) is 0 Å². The van der Waals surface area contributed by atoms with Crippen LogP contribution < -0.4 is 4.74 Å². The molecule has 1 N–H and O–H groups in total. The summed E-state index contributed by atoms with van der Waals surface area (Å²) in [6, 6.07) is 18.4. The average Bonchev–Trinajstić information content (AvgIpc) is 3.28. The lowest BCUT2D eigenvalue weighted by molar-refractivity contribution is -0.145. The number of aliphatic carboxylic acids is 1. The normalized spacial score (nSPS) is 12.6. The zero-order chi connectivity index (χ0) is 25.0. The number of ether oxygens (including phenoxy) is 1. The van der Waals surface area contributed by atoms with Crippen LogP contribution in [0.2, 0.25) is 0 Å². The van der Waals surface area contributed by atoms with Gasteiger partial charge in [0.25, 0.3) is 0 Å². The molecule has 1 aromatic heterocycles. The minimum absolute atomic E-state index is 0.384. The molecule has 4 rings (SSSR count). The number of alkyl halides is 3. The number of hydrogen-bond donors (Lipinski definition) is 1. The van der Waals surface area contributed by atoms with Crippen molar-refractivity contribution in [3.05, 3.63) is 77.9 Å². The van der Waals surface area contributed by atoms with E-state index in [4.69, 9.17) is 14.8 Å². The van der Waals surface area contributed by atoms with Crippen LogP contribution in [-0.4, -0.2) is 27.9 Å². The Morgan fingerprint density at radius 2 is 1.80 bits per heavy atom. The molecule has 182 valence electrons. The van der Waals surface area contributed by atoms with Gasteiger partial charge in [-0.15, -0.1) is 23.1 Å². The van der Waals surface area contributed by atoms with Crippen molar-refractivity contribution in [1.29, 1.82) is 0 Å². The van der Waals surface area contributed by atoms with Gasteiger partial charge >= 0.3 is 12.1 Å². The molecule has 0 bridgehead atoms. The van der Waals surface area contributed by atoms with Gasteiger partial charge in [0.15, 0.2) is 6.10 Å². The van der Waals surface area contributed by atoms with Gasteiger partial charge in [0.2, 0.25) is 0 Å². The number of para-hydroxylation sites is 1. The van der Waals surface area contributed by atoms with E-state index in [0.717, 1.165) is 45.0 Å². The number of fused-ring (bicyclic) bond motifs is 1. The highest BCUT2D eigenvalue weighted by Gasteiger charge is 2.30. The fourth-order valence-electron chi connectivity index (χ4n) is 3.50. The molecule has 1 unspecified atom stereocenters. The topological polar surface area (TPSA) is 59.4 Å². The summed E-state index contributed by atoms with van der Waals surface area (Å²) in [6.45, 7) is 1.76. The van der Waals surface area contributed by atoms with Gasteiger partial charge in [-0.05, 0) is 60.9 Å². The first-order valence-electron chi connectivity index (χ1n) is 10.9. The van der Waals surface area contributed by atoms with E-state index in [-0.39, 0.29) is 0 Å². The van der Waals surface area contributed by atoms with Crippen LogP contribution in [0.5, 0.6) is 5.75 Å². The number of aryl methyl sites for hydroxylation is 1. The standard InChI is InChI=1S/C26H22F3NO3S2/c1-2-21(25(31)32)33-19-10-12-20(13-11-19)34-15-14-16-4-3-5-22-23(16)30-24(35-22)17-6-8-18(9-7-17)26(27,28)29/h3-13,21H,2,14-15H2,1H3,(H,31,32). The monoisotopic (exact) mass is 517 g/mol. The van der Waals surface area contributed by atoms with Crippen LogP contribution in [0, 0.1) is 0 Å². The second kappa shape index (κ2) is 10.7. The van der Waals surface area contributed by atoms with Crippen molar-refractivity contribution in [2.24, 2.45) is 0 Å². The molecule has 4 nitrogen and oxygen atoms in total. The number of thiazole rings is 1. The third-order valence-corrected chi connectivity index (χ3v) is 7.43. The van der Waals surface area contributed by atoms with Gasteiger partial charge in [0.1, 0.15) is 10.8 Å². The molecule has 0 spiro atoms. The fourth-order valence-corrected chi connectivity index (χ4v) is 5.40. The van der Waals surface area contributed by atoms with Gasteiger partial charge in [-0.2, -0.15) is 13.2 Å². The molecule has 1 atom stereocenters. The lowest BCUT2D eigenvalue weighted by Crippen LogP contribution is -2.25. The highest BCUT2D eigenvalue weighted by atomic mass is 32.2. The molecular formula is C26H22F3NO3S2. The maximum Gasteiger partial charge on any atom is 0.416 e. The Morgan fingerprint density at radius 1 is 1.09 bits per heavy atom. The number of nitrogens with zero attached hydrogens (tertiary/aromatic N) is 1. The molecule has 35 heavy (non-hydrogen) atoms. The quantitative estimate of drug-likeness (QED) is 0.232. The van der Waals surface area contributed by atoms with Crippen LogP contribution in [0.25, 0.3) is 20.8 Å². The molecule has 9 heteroatoms. The van der Waals surface area contributed by atoms with E-state index in [1.807, 2.05) is 30.3 Å². The predicted octanol–water partition coefficient (Wildman–Crippen LogP) is 7.56. The van der Waals surface area contributed by atoms with E-state index in [1.54, 1.807) is 30.8 Å². The van der Waals surface area contributed by atoms with E-state index in [2.05, 4.69) is 0 Å². The maximum atomic E-state index is 12.9. The Kier molecular flexibility index (Phi) is 7.66. The lowest BCUT2D eigenvalue weighted by atomic mass is 10.1. The number of halogens is 3. The van der Waals surface area contributed by atoms with E-state index in [9.17, 15) is 18.0 Å². The number of thioether (sulfide) groups is 1. The summed E-state index contributed by atoms with van der Waals surface area (Å²) in [5.41, 5.74) is 1.94. The third kappa shape index (κ3) is 6.15. The summed E-state index contributed by atoms with van der Waals surface area (Å²) < 4.78 is 45.0. The summed E-state index contributed by atoms with van der Waals surface area (Å²) in [5.74, 6) is 0.342. The Morgan fingerprint density at radius 3 is 2.43 bits per heavy atom. The first-order valence-corrected chi connectivity index (χ1v) is 12.7. The zero-order valence-electron chi connectivity index (χ0n) is 18.7. The molecule has 0 amide bonds. The molecule has 0 radical (unpaired) electrons. The Labute approximate surface area is 208 Å². The van der Waals surface area contributed by atoms with Crippen LogP contribution in [0.15, 0.2) is 71.6 Å². The van der Waals surface area contributed by atoms with Crippen molar-refractivity contribution in [2.45, 2.75) is 36.9 Å². The van der Waals surface area contributed by atoms with Gasteiger partial charge in [0, 0.05) is 16.2 Å². The number of benzene rings is 3. The zero-order valence-corrected chi connectivity index (χ0v) is 20.3. The Bertz CT molecular complexity index is 1300. The van der Waals surface area contributed by atoms with E-state index in [1.165, 1.54) is 23.5 Å². The predicted molar refractivity (Wildman–Crippen MR) is 133 cm³/mol. The number of rotatable bonds is 9. The summed E-state index contributed by atoms with van der Waals surface area (Å²) in [4.78, 5) is 16.9. The van der Waals surface area contributed by atoms with Crippen molar-refractivity contribution in [3.63, 3.8) is 0 Å². The molecular weight excluding hydrogens is 495 g/mol. The van der Waals surface area contributed by atoms with Crippen molar-refractivity contribution in [3.8, 4) is 16.3 Å². The summed E-state index contributed by atoms with van der Waals surface area (Å²) in [5, 5.41) is 9.81. The van der Waals surface area contributed by atoms with Crippen molar-refractivity contribution < 1.29 is 27.8 Å². The SMILES string of the molecule is CCC(Oc1ccc(SCCc2cccc3sc(-c4ccc(C(F)(F)F)cc4)nc23)cc1)C(=O)O. The van der Waals surface area contributed by atoms with Crippen molar-refractivity contribution in [1.82, 2.24) is 4.98 Å². The Hall–Kier alpha value is -3.04. The van der Waals surface area contributed by atoms with Crippen molar-refractivity contribution >= 4 is 39.3 Å². The second-order valence-corrected chi connectivity index (χ2v) is 9.98. The van der Waals surface area contributed by atoms with E-state index >= 15 is 0 Å². The van der Waals surface area contributed by atoms with Gasteiger partial charge in [-0.1, -0.05) is 31.2 Å². The first-order chi connectivity index (χ1) is 16.7. The number of aromatic nitrogens is 1. The highest BCUT2D eigenvalue weighted by Crippen LogP contribution is 2.35. The van der Waals surface area contributed by atoms with Gasteiger partial charge in [0.05, 0.1) is 15.8 Å². The smallest absolute Gasteiger partial charge is 0.416 e. The third-order valence-electron chi connectivity index (χ3n) is 5.35. The van der Waals surface area contributed by atoms with Crippen LogP contribution >= 0.6 is 23.1 Å². The van der Waals surface area contributed by atoms with E-state index in [0.29, 0.717) is 22.7 Å². The molecule has 1 heterocycles. The number of carbonyl (C=O) groups is 1. The summed E-state index contributed by atoms with van der Waals surface area (Å²) >= 11 is 3.13. The number of carboxylic acids is 1. The maximum absolute atomic E-state index is 12.9. The van der Waals surface area contributed by atoms with Crippen LogP contribution in [-0.2, 0) is 17.4 Å². The summed E-state index contributed by atoms with van der Waals surface area (Å²) in [6.07, 6.45) is -4.07. The van der Waals surface area contributed by atoms with Crippen molar-refractivity contribution in [2.75, 3.05) is 5.75 Å². The minimum Gasteiger partial charge on any atom is -0.479 e. The largest absolute Gasteiger partial charge is 0.479 e. The Balaban J connectivity index is 1.41. The molecule has 0 fully saturated rings. The number of carboxylic acid groups (broad SMARTS) is 1.